The molecule has 5 heteroatoms. The van der Waals surface area contributed by atoms with Gasteiger partial charge in [-0.1, -0.05) is 6.07 Å². The van der Waals surface area contributed by atoms with Crippen molar-refractivity contribution >= 4 is 5.91 Å². The molecule has 0 saturated heterocycles. The van der Waals surface area contributed by atoms with Crippen LogP contribution >= 0.6 is 0 Å². The van der Waals surface area contributed by atoms with E-state index in [-0.39, 0.29) is 18.3 Å². The molecule has 1 N–H and O–H groups in total. The van der Waals surface area contributed by atoms with Crippen molar-refractivity contribution in [1.29, 1.82) is 0 Å². The molecular weight excluding hydrogens is 295 g/mol. The molecule has 1 aromatic carbocycles. The maximum Gasteiger partial charge on any atom is 0.258 e. The van der Waals surface area contributed by atoms with Crippen LogP contribution in [0.3, 0.4) is 0 Å². The summed E-state index contributed by atoms with van der Waals surface area (Å²) in [6.45, 7) is 8.71. The number of rotatable bonds is 6. The first-order valence-corrected chi connectivity index (χ1v) is 7.71. The van der Waals surface area contributed by atoms with Crippen LogP contribution in [0.1, 0.15) is 36.8 Å². The smallest absolute Gasteiger partial charge is 0.258 e. The number of aromatic nitrogens is 1. The van der Waals surface area contributed by atoms with Gasteiger partial charge in [-0.15, -0.1) is 0 Å². The Kier molecular flexibility index (Phi) is 5.42. The van der Waals surface area contributed by atoms with Crippen LogP contribution in [-0.4, -0.2) is 17.1 Å². The van der Waals surface area contributed by atoms with Gasteiger partial charge in [0.2, 0.25) is 0 Å². The van der Waals surface area contributed by atoms with Crippen LogP contribution in [0.2, 0.25) is 0 Å². The molecule has 0 atom stereocenters. The van der Waals surface area contributed by atoms with Gasteiger partial charge < -0.3 is 14.6 Å². The van der Waals surface area contributed by atoms with E-state index in [4.69, 9.17) is 4.74 Å². The lowest BCUT2D eigenvalue weighted by Gasteiger charge is -2.14. The highest BCUT2D eigenvalue weighted by molar-refractivity contribution is 5.77. The zero-order chi connectivity index (χ0) is 17.0. The van der Waals surface area contributed by atoms with E-state index in [2.05, 4.69) is 43.6 Å². The number of hydrogen-bond acceptors (Lipinski definition) is 2. The van der Waals surface area contributed by atoms with Crippen LogP contribution in [0, 0.1) is 19.7 Å². The number of benzene rings is 1. The standard InChI is InChI=1S/C18H23FN2O2/c1-12(2)21-13(3)8-15(14(21)4)10-20-18(22)11-23-17-7-5-6-16(19)9-17/h5-9,12H,10-11H2,1-4H3,(H,20,22). The summed E-state index contributed by atoms with van der Waals surface area (Å²) in [7, 11) is 0. The lowest BCUT2D eigenvalue weighted by Crippen LogP contribution is -2.28. The molecule has 1 aromatic heterocycles. The molecule has 23 heavy (non-hydrogen) atoms. The first kappa shape index (κ1) is 17.1. The van der Waals surface area contributed by atoms with E-state index in [1.165, 1.54) is 17.8 Å². The fourth-order valence-electron chi connectivity index (χ4n) is 2.77. The van der Waals surface area contributed by atoms with Gasteiger partial charge in [0.1, 0.15) is 11.6 Å². The first-order chi connectivity index (χ1) is 10.9. The van der Waals surface area contributed by atoms with Crippen molar-refractivity contribution in [2.45, 2.75) is 40.3 Å². The summed E-state index contributed by atoms with van der Waals surface area (Å²) in [5.41, 5.74) is 3.43. The predicted molar refractivity (Wildman–Crippen MR) is 88.0 cm³/mol. The van der Waals surface area contributed by atoms with Crippen LogP contribution in [-0.2, 0) is 11.3 Å². The molecule has 2 rings (SSSR count). The molecule has 0 radical (unpaired) electrons. The first-order valence-electron chi connectivity index (χ1n) is 7.71. The molecule has 0 aliphatic heterocycles. The summed E-state index contributed by atoms with van der Waals surface area (Å²) in [5.74, 6) is -0.272. The SMILES string of the molecule is Cc1cc(CNC(=O)COc2cccc(F)c2)c(C)n1C(C)C. The van der Waals surface area contributed by atoms with Crippen molar-refractivity contribution in [3.63, 3.8) is 0 Å². The number of carbonyl (C=O) groups excluding carboxylic acids is 1. The highest BCUT2D eigenvalue weighted by Gasteiger charge is 2.12. The average Bonchev–Trinajstić information content (AvgIpc) is 2.77. The Labute approximate surface area is 136 Å². The van der Waals surface area contributed by atoms with E-state index in [1.54, 1.807) is 12.1 Å². The number of nitrogens with one attached hydrogen (secondary N) is 1. The lowest BCUT2D eigenvalue weighted by molar-refractivity contribution is -0.123. The van der Waals surface area contributed by atoms with Gasteiger partial charge in [-0.2, -0.15) is 0 Å². The molecule has 0 fully saturated rings. The summed E-state index contributed by atoms with van der Waals surface area (Å²) in [5, 5.41) is 2.83. The molecule has 0 spiro atoms. The second-order valence-electron chi connectivity index (χ2n) is 5.88. The van der Waals surface area contributed by atoms with E-state index in [0.717, 1.165) is 11.3 Å². The fraction of sp³-hybridized carbons (Fsp3) is 0.389. The topological polar surface area (TPSA) is 43.3 Å². The molecule has 0 bridgehead atoms. The van der Waals surface area contributed by atoms with Crippen molar-refractivity contribution in [2.24, 2.45) is 0 Å². The molecule has 0 unspecified atom stereocenters. The third-order valence-electron chi connectivity index (χ3n) is 3.75. The Morgan fingerprint density at radius 3 is 2.65 bits per heavy atom. The number of halogens is 1. The third-order valence-corrected chi connectivity index (χ3v) is 3.75. The molecule has 4 nitrogen and oxygen atoms in total. The Bertz CT molecular complexity index is 692. The van der Waals surface area contributed by atoms with Crippen LogP contribution in [0.25, 0.3) is 0 Å². The number of nitrogens with zero attached hydrogens (tertiary/aromatic N) is 1. The maximum absolute atomic E-state index is 13.0. The van der Waals surface area contributed by atoms with Crippen LogP contribution in [0.15, 0.2) is 30.3 Å². The third kappa shape index (κ3) is 4.34. The van der Waals surface area contributed by atoms with Gasteiger partial charge in [-0.3, -0.25) is 4.79 Å². The Morgan fingerprint density at radius 1 is 1.30 bits per heavy atom. The number of carbonyl (C=O) groups is 1. The highest BCUT2D eigenvalue weighted by atomic mass is 19.1. The zero-order valence-electron chi connectivity index (χ0n) is 14.0. The Morgan fingerprint density at radius 2 is 2.04 bits per heavy atom. The van der Waals surface area contributed by atoms with E-state index in [0.29, 0.717) is 18.3 Å². The molecule has 1 amide bonds. The Balaban J connectivity index is 1.89. The number of aryl methyl sites for hydroxylation is 1. The van der Waals surface area contributed by atoms with Crippen molar-refractivity contribution < 1.29 is 13.9 Å². The van der Waals surface area contributed by atoms with Gasteiger partial charge in [0, 0.05) is 30.0 Å². The largest absolute Gasteiger partial charge is 0.484 e. The number of ether oxygens (including phenoxy) is 1. The molecule has 0 saturated carbocycles. The minimum Gasteiger partial charge on any atom is -0.484 e. The summed E-state index contributed by atoms with van der Waals surface area (Å²) < 4.78 is 20.5. The van der Waals surface area contributed by atoms with Crippen LogP contribution in [0.5, 0.6) is 5.75 Å². The van der Waals surface area contributed by atoms with Gasteiger partial charge in [-0.25, -0.2) is 4.39 Å². The summed E-state index contributed by atoms with van der Waals surface area (Å²) in [6, 6.07) is 8.22. The van der Waals surface area contributed by atoms with Crippen molar-refractivity contribution in [3.05, 3.63) is 53.1 Å². The van der Waals surface area contributed by atoms with Gasteiger partial charge in [-0.05, 0) is 51.5 Å². The van der Waals surface area contributed by atoms with Gasteiger partial charge in [0.25, 0.3) is 5.91 Å². The molecule has 2 aromatic rings. The molecular formula is C18H23FN2O2. The van der Waals surface area contributed by atoms with E-state index in [9.17, 15) is 9.18 Å². The monoisotopic (exact) mass is 318 g/mol. The highest BCUT2D eigenvalue weighted by Crippen LogP contribution is 2.19. The van der Waals surface area contributed by atoms with E-state index >= 15 is 0 Å². The molecule has 1 heterocycles. The summed E-state index contributed by atoms with van der Waals surface area (Å²) >= 11 is 0. The van der Waals surface area contributed by atoms with Crippen molar-refractivity contribution in [3.8, 4) is 5.75 Å². The minimum absolute atomic E-state index is 0.133. The quantitative estimate of drug-likeness (QED) is 0.885. The number of amides is 1. The predicted octanol–water partition coefficient (Wildman–Crippen LogP) is 3.52. The van der Waals surface area contributed by atoms with E-state index in [1.807, 2.05) is 0 Å². The van der Waals surface area contributed by atoms with Gasteiger partial charge >= 0.3 is 0 Å². The zero-order valence-corrected chi connectivity index (χ0v) is 14.0. The fourth-order valence-corrected chi connectivity index (χ4v) is 2.77. The molecule has 0 aliphatic rings. The van der Waals surface area contributed by atoms with Crippen molar-refractivity contribution in [1.82, 2.24) is 9.88 Å². The number of hydrogen-bond donors (Lipinski definition) is 1. The molecule has 124 valence electrons. The van der Waals surface area contributed by atoms with E-state index < -0.39 is 0 Å². The summed E-state index contributed by atoms with van der Waals surface area (Å²) in [6.07, 6.45) is 0. The average molecular weight is 318 g/mol. The normalized spacial score (nSPS) is 10.9. The second kappa shape index (κ2) is 7.31. The Hall–Kier alpha value is -2.30. The van der Waals surface area contributed by atoms with Crippen molar-refractivity contribution in [2.75, 3.05) is 6.61 Å². The maximum atomic E-state index is 13.0. The molecule has 0 aliphatic carbocycles. The minimum atomic E-state index is -0.385. The summed E-state index contributed by atoms with van der Waals surface area (Å²) in [4.78, 5) is 11.9. The van der Waals surface area contributed by atoms with Gasteiger partial charge in [0.15, 0.2) is 6.61 Å². The van der Waals surface area contributed by atoms with Crippen LogP contribution < -0.4 is 10.1 Å². The van der Waals surface area contributed by atoms with Crippen LogP contribution in [0.4, 0.5) is 4.39 Å². The lowest BCUT2D eigenvalue weighted by atomic mass is 10.2. The second-order valence-corrected chi connectivity index (χ2v) is 5.88. The van der Waals surface area contributed by atoms with Gasteiger partial charge in [0.05, 0.1) is 0 Å².